The van der Waals surface area contributed by atoms with Crippen molar-refractivity contribution < 1.29 is 14.6 Å². The minimum Gasteiger partial charge on any atom is -0.389 e. The first-order valence-corrected chi connectivity index (χ1v) is 6.84. The van der Waals surface area contributed by atoms with Crippen LogP contribution in [-0.2, 0) is 16.0 Å². The van der Waals surface area contributed by atoms with Crippen LogP contribution in [0.4, 0.5) is 0 Å². The monoisotopic (exact) mass is 271 g/mol. The van der Waals surface area contributed by atoms with Gasteiger partial charge < -0.3 is 19.9 Å². The molecule has 6 heteroatoms. The molecule has 0 radical (unpaired) electrons. The largest absolute Gasteiger partial charge is 0.389 e. The maximum absolute atomic E-state index is 9.64. The highest BCUT2D eigenvalue weighted by atomic mass is 16.5. The minimum absolute atomic E-state index is 0.346. The quantitative estimate of drug-likeness (QED) is 0.534. The van der Waals surface area contributed by atoms with Crippen molar-refractivity contribution in [2.45, 2.75) is 26.0 Å². The van der Waals surface area contributed by atoms with E-state index in [0.717, 1.165) is 19.5 Å². The van der Waals surface area contributed by atoms with Crippen molar-refractivity contribution in [2.75, 3.05) is 39.5 Å². The Balaban J connectivity index is 1.85. The Bertz CT molecular complexity index is 293. The molecule has 0 amide bonds. The molecule has 0 aliphatic carbocycles. The third-order valence-electron chi connectivity index (χ3n) is 2.57. The second-order valence-corrected chi connectivity index (χ2v) is 4.25. The topological polar surface area (TPSA) is 68.5 Å². The van der Waals surface area contributed by atoms with Gasteiger partial charge in [-0.05, 0) is 26.0 Å². The normalized spacial score (nSPS) is 12.7. The Labute approximate surface area is 114 Å². The van der Waals surface area contributed by atoms with Gasteiger partial charge in [0.1, 0.15) is 0 Å². The summed E-state index contributed by atoms with van der Waals surface area (Å²) >= 11 is 0. The molecule has 1 aromatic heterocycles. The summed E-state index contributed by atoms with van der Waals surface area (Å²) in [5.41, 5.74) is 0. The smallest absolute Gasteiger partial charge is 0.0897 e. The van der Waals surface area contributed by atoms with Crippen molar-refractivity contribution in [2.24, 2.45) is 0 Å². The zero-order chi connectivity index (χ0) is 13.8. The van der Waals surface area contributed by atoms with Crippen LogP contribution in [0.15, 0.2) is 18.5 Å². The van der Waals surface area contributed by atoms with Gasteiger partial charge in [0.15, 0.2) is 0 Å². The van der Waals surface area contributed by atoms with E-state index in [2.05, 4.69) is 10.4 Å². The molecule has 0 bridgehead atoms. The third kappa shape index (κ3) is 8.72. The van der Waals surface area contributed by atoms with E-state index in [4.69, 9.17) is 9.47 Å². The Kier molecular flexibility index (Phi) is 9.26. The van der Waals surface area contributed by atoms with Crippen LogP contribution in [0.2, 0.25) is 0 Å². The second-order valence-electron chi connectivity index (χ2n) is 4.25. The number of hydrogen-bond acceptors (Lipinski definition) is 5. The SMILES string of the molecule is CCOCCOCC(O)CNCCCn1cccn1. The van der Waals surface area contributed by atoms with Crippen LogP contribution in [-0.4, -0.2) is 60.5 Å². The molecule has 1 rings (SSSR count). The number of aryl methyl sites for hydroxylation is 1. The highest BCUT2D eigenvalue weighted by molar-refractivity contribution is 4.77. The van der Waals surface area contributed by atoms with Crippen molar-refractivity contribution in [1.82, 2.24) is 15.1 Å². The van der Waals surface area contributed by atoms with E-state index in [1.54, 1.807) is 6.20 Å². The summed E-state index contributed by atoms with van der Waals surface area (Å²) < 4.78 is 12.3. The fourth-order valence-electron chi connectivity index (χ4n) is 1.61. The zero-order valence-corrected chi connectivity index (χ0v) is 11.6. The number of nitrogens with zero attached hydrogens (tertiary/aromatic N) is 2. The predicted molar refractivity (Wildman–Crippen MR) is 73.0 cm³/mol. The number of rotatable bonds is 12. The molecule has 0 spiro atoms. The van der Waals surface area contributed by atoms with Gasteiger partial charge in [-0.1, -0.05) is 0 Å². The lowest BCUT2D eigenvalue weighted by Crippen LogP contribution is -2.31. The molecule has 1 atom stereocenters. The van der Waals surface area contributed by atoms with Crippen molar-refractivity contribution in [3.63, 3.8) is 0 Å². The van der Waals surface area contributed by atoms with E-state index in [1.807, 2.05) is 23.9 Å². The molecule has 0 aliphatic heterocycles. The Morgan fingerprint density at radius 3 is 2.95 bits per heavy atom. The minimum atomic E-state index is -0.466. The van der Waals surface area contributed by atoms with Crippen LogP contribution < -0.4 is 5.32 Å². The van der Waals surface area contributed by atoms with Gasteiger partial charge in [-0.25, -0.2) is 0 Å². The van der Waals surface area contributed by atoms with E-state index >= 15 is 0 Å². The van der Waals surface area contributed by atoms with Crippen LogP contribution in [0.5, 0.6) is 0 Å². The van der Waals surface area contributed by atoms with Crippen LogP contribution in [0.3, 0.4) is 0 Å². The van der Waals surface area contributed by atoms with Crippen molar-refractivity contribution in [1.29, 1.82) is 0 Å². The highest BCUT2D eigenvalue weighted by Gasteiger charge is 2.03. The molecule has 1 aromatic rings. The standard InChI is InChI=1S/C13H25N3O3/c1-2-18-9-10-19-12-13(17)11-14-5-3-7-16-8-4-6-15-16/h4,6,8,13-14,17H,2-3,5,7,9-12H2,1H3. The fourth-order valence-corrected chi connectivity index (χ4v) is 1.61. The molecule has 6 nitrogen and oxygen atoms in total. The lowest BCUT2D eigenvalue weighted by Gasteiger charge is -2.12. The fraction of sp³-hybridized carbons (Fsp3) is 0.769. The number of aliphatic hydroxyl groups is 1. The molecule has 0 saturated heterocycles. The van der Waals surface area contributed by atoms with Crippen molar-refractivity contribution >= 4 is 0 Å². The summed E-state index contributed by atoms with van der Waals surface area (Å²) in [6.45, 7) is 6.40. The maximum atomic E-state index is 9.64. The summed E-state index contributed by atoms with van der Waals surface area (Å²) in [6, 6.07) is 1.91. The molecule has 2 N–H and O–H groups in total. The molecule has 0 aliphatic rings. The molecule has 1 unspecified atom stereocenters. The van der Waals surface area contributed by atoms with E-state index in [1.165, 1.54) is 0 Å². The number of ether oxygens (including phenoxy) is 2. The van der Waals surface area contributed by atoms with E-state index in [9.17, 15) is 5.11 Å². The first kappa shape index (κ1) is 16.1. The van der Waals surface area contributed by atoms with Crippen LogP contribution >= 0.6 is 0 Å². The van der Waals surface area contributed by atoms with E-state index in [0.29, 0.717) is 33.0 Å². The van der Waals surface area contributed by atoms with Gasteiger partial charge >= 0.3 is 0 Å². The van der Waals surface area contributed by atoms with Gasteiger partial charge in [0.05, 0.1) is 25.9 Å². The molecule has 0 aromatic carbocycles. The van der Waals surface area contributed by atoms with Crippen LogP contribution in [0.1, 0.15) is 13.3 Å². The second kappa shape index (κ2) is 10.9. The first-order valence-electron chi connectivity index (χ1n) is 6.84. The van der Waals surface area contributed by atoms with E-state index < -0.39 is 6.10 Å². The lowest BCUT2D eigenvalue weighted by atomic mass is 10.3. The van der Waals surface area contributed by atoms with E-state index in [-0.39, 0.29) is 0 Å². The zero-order valence-electron chi connectivity index (χ0n) is 11.6. The number of nitrogens with one attached hydrogen (secondary N) is 1. The molecule has 1 heterocycles. The molecule has 0 saturated carbocycles. The summed E-state index contributed by atoms with van der Waals surface area (Å²) in [7, 11) is 0. The predicted octanol–water partition coefficient (Wildman–Crippen LogP) is 0.277. The molecular weight excluding hydrogens is 246 g/mol. The van der Waals surface area contributed by atoms with Gasteiger partial charge in [0.2, 0.25) is 0 Å². The van der Waals surface area contributed by atoms with Crippen molar-refractivity contribution in [3.05, 3.63) is 18.5 Å². The summed E-state index contributed by atoms with van der Waals surface area (Å²) in [6.07, 6.45) is 4.24. The number of hydrogen-bond donors (Lipinski definition) is 2. The molecular formula is C13H25N3O3. The van der Waals surface area contributed by atoms with Gasteiger partial charge in [-0.15, -0.1) is 0 Å². The van der Waals surface area contributed by atoms with Crippen molar-refractivity contribution in [3.8, 4) is 0 Å². The first-order chi connectivity index (χ1) is 9.33. The van der Waals surface area contributed by atoms with Gasteiger partial charge in [0.25, 0.3) is 0 Å². The average Bonchev–Trinajstić information content (AvgIpc) is 2.91. The lowest BCUT2D eigenvalue weighted by molar-refractivity contribution is 0.00654. The van der Waals surface area contributed by atoms with Crippen LogP contribution in [0, 0.1) is 0 Å². The molecule has 0 fully saturated rings. The van der Waals surface area contributed by atoms with Crippen LogP contribution in [0.25, 0.3) is 0 Å². The molecule has 110 valence electrons. The third-order valence-corrected chi connectivity index (χ3v) is 2.57. The number of aromatic nitrogens is 2. The number of aliphatic hydroxyl groups excluding tert-OH is 1. The summed E-state index contributed by atoms with van der Waals surface area (Å²) in [4.78, 5) is 0. The summed E-state index contributed by atoms with van der Waals surface area (Å²) in [5.74, 6) is 0. The van der Waals surface area contributed by atoms with Gasteiger partial charge in [0, 0.05) is 32.1 Å². The summed E-state index contributed by atoms with van der Waals surface area (Å²) in [5, 5.41) is 17.0. The highest BCUT2D eigenvalue weighted by Crippen LogP contribution is 1.89. The average molecular weight is 271 g/mol. The Morgan fingerprint density at radius 2 is 2.21 bits per heavy atom. The molecule has 19 heavy (non-hydrogen) atoms. The van der Waals surface area contributed by atoms with Gasteiger partial charge in [-0.2, -0.15) is 5.10 Å². The maximum Gasteiger partial charge on any atom is 0.0897 e. The van der Waals surface area contributed by atoms with Gasteiger partial charge in [-0.3, -0.25) is 4.68 Å². The Hall–Kier alpha value is -0.950. The Morgan fingerprint density at radius 1 is 1.37 bits per heavy atom.